The maximum Gasteiger partial charge on any atom is 0.258 e. The Balaban J connectivity index is 1.52. The molecular formula is C22H20N4O3. The van der Waals surface area contributed by atoms with Gasteiger partial charge in [-0.15, -0.1) is 0 Å². The second kappa shape index (κ2) is 8.02. The molecule has 3 aromatic heterocycles. The van der Waals surface area contributed by atoms with Crippen LogP contribution >= 0.6 is 0 Å². The summed E-state index contributed by atoms with van der Waals surface area (Å²) >= 11 is 0. The molecule has 146 valence electrons. The lowest BCUT2D eigenvalue weighted by Gasteiger charge is -2.12. The van der Waals surface area contributed by atoms with Crippen LogP contribution in [-0.4, -0.2) is 15.3 Å². The van der Waals surface area contributed by atoms with E-state index in [2.05, 4.69) is 15.6 Å². The third-order valence-corrected chi connectivity index (χ3v) is 4.57. The van der Waals surface area contributed by atoms with E-state index in [-0.39, 0.29) is 11.5 Å². The zero-order valence-electron chi connectivity index (χ0n) is 15.9. The molecule has 29 heavy (non-hydrogen) atoms. The van der Waals surface area contributed by atoms with Crippen LogP contribution in [0, 0.1) is 6.92 Å². The fourth-order valence-corrected chi connectivity index (χ4v) is 3.10. The number of fused-ring (bicyclic) bond motifs is 1. The fourth-order valence-electron chi connectivity index (χ4n) is 3.10. The Morgan fingerprint density at radius 1 is 1.10 bits per heavy atom. The largest absolute Gasteiger partial charge is 0.467 e. The number of aromatic nitrogens is 2. The Morgan fingerprint density at radius 3 is 2.79 bits per heavy atom. The minimum Gasteiger partial charge on any atom is -0.467 e. The fraction of sp³-hybridized carbons (Fsp3) is 0.136. The molecule has 0 fully saturated rings. The highest BCUT2D eigenvalue weighted by Crippen LogP contribution is 2.16. The van der Waals surface area contributed by atoms with Gasteiger partial charge >= 0.3 is 0 Å². The molecule has 0 radical (unpaired) electrons. The normalized spacial score (nSPS) is 10.8. The van der Waals surface area contributed by atoms with Crippen molar-refractivity contribution in [3.05, 3.63) is 100.0 Å². The molecule has 0 unspecified atom stereocenters. The van der Waals surface area contributed by atoms with Crippen LogP contribution in [0.1, 0.15) is 27.4 Å². The number of carbonyl (C=O) groups is 1. The van der Waals surface area contributed by atoms with Crippen LogP contribution in [0.2, 0.25) is 0 Å². The van der Waals surface area contributed by atoms with E-state index in [9.17, 15) is 9.59 Å². The molecule has 0 spiro atoms. The number of nitrogens with one attached hydrogen (secondary N) is 2. The number of furan rings is 1. The number of nitrogens with zero attached hydrogens (tertiary/aromatic N) is 2. The summed E-state index contributed by atoms with van der Waals surface area (Å²) < 4.78 is 6.76. The number of anilines is 1. The van der Waals surface area contributed by atoms with Crippen LogP contribution in [-0.2, 0) is 13.1 Å². The quantitative estimate of drug-likeness (QED) is 0.530. The van der Waals surface area contributed by atoms with Gasteiger partial charge in [0.2, 0.25) is 0 Å². The molecule has 7 heteroatoms. The van der Waals surface area contributed by atoms with E-state index in [1.54, 1.807) is 36.7 Å². The molecule has 0 bridgehead atoms. The predicted octanol–water partition coefficient (Wildman–Crippen LogP) is 3.14. The first-order valence-electron chi connectivity index (χ1n) is 9.23. The topological polar surface area (TPSA) is 88.6 Å². The van der Waals surface area contributed by atoms with Crippen molar-refractivity contribution in [2.45, 2.75) is 20.0 Å². The summed E-state index contributed by atoms with van der Waals surface area (Å²) in [6, 6.07) is 16.0. The predicted molar refractivity (Wildman–Crippen MR) is 110 cm³/mol. The van der Waals surface area contributed by atoms with Gasteiger partial charge in [-0.25, -0.2) is 4.98 Å². The molecule has 3 heterocycles. The van der Waals surface area contributed by atoms with Crippen molar-refractivity contribution in [2.75, 3.05) is 5.32 Å². The van der Waals surface area contributed by atoms with E-state index < -0.39 is 0 Å². The van der Waals surface area contributed by atoms with Crippen molar-refractivity contribution in [1.82, 2.24) is 14.7 Å². The number of para-hydroxylation sites is 1. The van der Waals surface area contributed by atoms with Gasteiger partial charge in [0.1, 0.15) is 11.4 Å². The summed E-state index contributed by atoms with van der Waals surface area (Å²) in [6.07, 6.45) is 3.27. The maximum atomic E-state index is 12.6. The number of benzene rings is 1. The lowest BCUT2D eigenvalue weighted by molar-refractivity contribution is 0.0949. The average molecular weight is 388 g/mol. The zero-order valence-corrected chi connectivity index (χ0v) is 15.9. The van der Waals surface area contributed by atoms with Gasteiger partial charge in [-0.1, -0.05) is 18.2 Å². The Kier molecular flexibility index (Phi) is 5.11. The lowest BCUT2D eigenvalue weighted by Crippen LogP contribution is -2.24. The van der Waals surface area contributed by atoms with E-state index in [0.29, 0.717) is 41.4 Å². The number of rotatable bonds is 6. The second-order valence-electron chi connectivity index (χ2n) is 6.63. The summed E-state index contributed by atoms with van der Waals surface area (Å²) in [5.74, 6) is 0.465. The molecule has 7 nitrogen and oxygen atoms in total. The van der Waals surface area contributed by atoms with Gasteiger partial charge in [0.15, 0.2) is 0 Å². The van der Waals surface area contributed by atoms with Gasteiger partial charge in [0.05, 0.1) is 30.6 Å². The SMILES string of the molecule is Cc1cccn2c(=O)cc(CNc3ccccc3C(=O)NCc3ccco3)nc12. The molecular weight excluding hydrogens is 368 g/mol. The summed E-state index contributed by atoms with van der Waals surface area (Å²) in [5, 5.41) is 6.06. The van der Waals surface area contributed by atoms with E-state index in [1.165, 1.54) is 10.5 Å². The van der Waals surface area contributed by atoms with Crippen LogP contribution in [0.3, 0.4) is 0 Å². The van der Waals surface area contributed by atoms with Crippen LogP contribution < -0.4 is 16.2 Å². The van der Waals surface area contributed by atoms with Gasteiger partial charge in [-0.3, -0.25) is 14.0 Å². The highest BCUT2D eigenvalue weighted by molar-refractivity contribution is 5.99. The highest BCUT2D eigenvalue weighted by Gasteiger charge is 2.12. The van der Waals surface area contributed by atoms with Crippen LogP contribution in [0.15, 0.2) is 76.3 Å². The van der Waals surface area contributed by atoms with Crippen molar-refractivity contribution in [3.63, 3.8) is 0 Å². The Bertz CT molecular complexity index is 1210. The van der Waals surface area contributed by atoms with Crippen molar-refractivity contribution >= 4 is 17.2 Å². The van der Waals surface area contributed by atoms with E-state index >= 15 is 0 Å². The summed E-state index contributed by atoms with van der Waals surface area (Å²) in [5.41, 5.74) is 3.18. The molecule has 1 amide bonds. The first kappa shape index (κ1) is 18.5. The Morgan fingerprint density at radius 2 is 1.97 bits per heavy atom. The molecule has 0 aliphatic heterocycles. The van der Waals surface area contributed by atoms with Gasteiger partial charge in [-0.2, -0.15) is 0 Å². The number of aryl methyl sites for hydroxylation is 1. The van der Waals surface area contributed by atoms with Crippen molar-refractivity contribution in [1.29, 1.82) is 0 Å². The first-order chi connectivity index (χ1) is 14.1. The zero-order chi connectivity index (χ0) is 20.2. The molecule has 4 rings (SSSR count). The molecule has 0 aliphatic rings. The number of pyridine rings is 1. The maximum absolute atomic E-state index is 12.6. The molecule has 0 atom stereocenters. The molecule has 4 aromatic rings. The lowest BCUT2D eigenvalue weighted by atomic mass is 10.1. The van der Waals surface area contributed by atoms with E-state index in [4.69, 9.17) is 4.42 Å². The minimum atomic E-state index is -0.216. The van der Waals surface area contributed by atoms with Gasteiger partial charge in [0.25, 0.3) is 11.5 Å². The van der Waals surface area contributed by atoms with Crippen molar-refractivity contribution < 1.29 is 9.21 Å². The highest BCUT2D eigenvalue weighted by atomic mass is 16.3. The number of hydrogen-bond donors (Lipinski definition) is 2. The van der Waals surface area contributed by atoms with E-state index in [1.807, 2.05) is 31.2 Å². The second-order valence-corrected chi connectivity index (χ2v) is 6.63. The average Bonchev–Trinajstić information content (AvgIpc) is 3.25. The van der Waals surface area contributed by atoms with Gasteiger partial charge < -0.3 is 15.1 Å². The smallest absolute Gasteiger partial charge is 0.258 e. The van der Waals surface area contributed by atoms with Crippen LogP contribution in [0.5, 0.6) is 0 Å². The third-order valence-electron chi connectivity index (χ3n) is 4.57. The standard InChI is InChI=1S/C22H20N4O3/c1-15-6-4-10-26-20(27)12-16(25-21(15)26)13-23-19-9-3-2-8-18(19)22(28)24-14-17-7-5-11-29-17/h2-12,23H,13-14H2,1H3,(H,24,28). The molecule has 1 aromatic carbocycles. The molecule has 0 saturated carbocycles. The number of hydrogen-bond acceptors (Lipinski definition) is 5. The Hall–Kier alpha value is -3.87. The number of amides is 1. The molecule has 0 aliphatic carbocycles. The summed E-state index contributed by atoms with van der Waals surface area (Å²) in [7, 11) is 0. The number of carbonyl (C=O) groups excluding carboxylic acids is 1. The first-order valence-corrected chi connectivity index (χ1v) is 9.23. The van der Waals surface area contributed by atoms with Crippen molar-refractivity contribution in [2.24, 2.45) is 0 Å². The summed E-state index contributed by atoms with van der Waals surface area (Å²) in [6.45, 7) is 2.54. The minimum absolute atomic E-state index is 0.139. The van der Waals surface area contributed by atoms with Crippen molar-refractivity contribution in [3.8, 4) is 0 Å². The van der Waals surface area contributed by atoms with Gasteiger partial charge in [0, 0.05) is 18.0 Å². The molecule has 0 saturated heterocycles. The third kappa shape index (κ3) is 4.03. The van der Waals surface area contributed by atoms with Crippen LogP contribution in [0.25, 0.3) is 5.65 Å². The monoisotopic (exact) mass is 388 g/mol. The Labute approximate surface area is 167 Å². The molecule has 2 N–H and O–H groups in total. The van der Waals surface area contributed by atoms with E-state index in [0.717, 1.165) is 5.56 Å². The van der Waals surface area contributed by atoms with Crippen LogP contribution in [0.4, 0.5) is 5.69 Å². The summed E-state index contributed by atoms with van der Waals surface area (Å²) in [4.78, 5) is 29.5. The van der Waals surface area contributed by atoms with Gasteiger partial charge in [-0.05, 0) is 42.8 Å².